The number of hydrogen-bond acceptors (Lipinski definition) is 8. The molecule has 1 aromatic rings. The largest absolute Gasteiger partial charge is 0.507 e. The van der Waals surface area contributed by atoms with Gasteiger partial charge in [0.15, 0.2) is 5.78 Å². The van der Waals surface area contributed by atoms with Crippen LogP contribution in [0.3, 0.4) is 0 Å². The van der Waals surface area contributed by atoms with Crippen molar-refractivity contribution in [1.82, 2.24) is 5.32 Å². The highest BCUT2D eigenvalue weighted by Crippen LogP contribution is 2.28. The standard InChI is InChI=1S/C16H21NO8/c1-7(19)10-4-3-9(5-11(10)21)24-16-13(17-8(2)20)15(23)14(22)12(6-18)25-16/h3-5,12-16,18,21-23H,6H2,1-2H3,(H,17,20)/t12-,13+,14-,15+,16-/m1/s1. The molecule has 25 heavy (non-hydrogen) atoms. The number of carbonyl (C=O) groups is 2. The molecule has 9 nitrogen and oxygen atoms in total. The van der Waals surface area contributed by atoms with Gasteiger partial charge in [-0.2, -0.15) is 0 Å². The molecule has 1 aliphatic heterocycles. The van der Waals surface area contributed by atoms with Gasteiger partial charge >= 0.3 is 0 Å². The molecule has 9 heteroatoms. The summed E-state index contributed by atoms with van der Waals surface area (Å²) in [6.07, 6.45) is -5.21. The fraction of sp³-hybridized carbons (Fsp3) is 0.500. The molecule has 0 spiro atoms. The second kappa shape index (κ2) is 7.79. The monoisotopic (exact) mass is 355 g/mol. The predicted octanol–water partition coefficient (Wildman–Crippen LogP) is -1.08. The normalized spacial score (nSPS) is 29.1. The average molecular weight is 355 g/mol. The lowest BCUT2D eigenvalue weighted by Crippen LogP contribution is -2.65. The Kier molecular flexibility index (Phi) is 5.96. The number of phenols is 1. The summed E-state index contributed by atoms with van der Waals surface area (Å²) < 4.78 is 11.0. The molecular formula is C16H21NO8. The van der Waals surface area contributed by atoms with E-state index in [1.54, 1.807) is 0 Å². The van der Waals surface area contributed by atoms with Crippen LogP contribution in [0.5, 0.6) is 11.5 Å². The Morgan fingerprint density at radius 3 is 2.44 bits per heavy atom. The summed E-state index contributed by atoms with van der Waals surface area (Å²) in [7, 11) is 0. The van der Waals surface area contributed by atoms with E-state index in [4.69, 9.17) is 9.47 Å². The minimum atomic E-state index is -1.44. The lowest BCUT2D eigenvalue weighted by Gasteiger charge is -2.42. The SMILES string of the molecule is CC(=O)N[C@@H]1[C@H](Oc2ccc(C(C)=O)c(O)c2)O[C@H](CO)[C@@H](O)[C@H]1O. The van der Waals surface area contributed by atoms with Crippen LogP contribution in [0.4, 0.5) is 0 Å². The number of aliphatic hydroxyl groups excluding tert-OH is 3. The van der Waals surface area contributed by atoms with Gasteiger partial charge in [0.1, 0.15) is 35.9 Å². The summed E-state index contributed by atoms with van der Waals surface area (Å²) in [5.41, 5.74) is 0.110. The third kappa shape index (κ3) is 4.26. The van der Waals surface area contributed by atoms with E-state index < -0.39 is 43.2 Å². The van der Waals surface area contributed by atoms with E-state index in [0.29, 0.717) is 0 Å². The van der Waals surface area contributed by atoms with Crippen LogP contribution in [0, 0.1) is 0 Å². The van der Waals surface area contributed by atoms with Crippen molar-refractivity contribution in [3.05, 3.63) is 23.8 Å². The molecule has 1 fully saturated rings. The van der Waals surface area contributed by atoms with Gasteiger partial charge in [-0.25, -0.2) is 0 Å². The zero-order valence-corrected chi connectivity index (χ0v) is 13.7. The lowest BCUT2D eigenvalue weighted by molar-refractivity contribution is -0.244. The number of ether oxygens (including phenoxy) is 2. The molecule has 138 valence electrons. The van der Waals surface area contributed by atoms with Crippen LogP contribution in [-0.2, 0) is 9.53 Å². The van der Waals surface area contributed by atoms with Crippen LogP contribution in [0.15, 0.2) is 18.2 Å². The minimum Gasteiger partial charge on any atom is -0.507 e. The number of nitrogens with one attached hydrogen (secondary N) is 1. The van der Waals surface area contributed by atoms with Crippen molar-refractivity contribution in [2.45, 2.75) is 44.5 Å². The van der Waals surface area contributed by atoms with E-state index in [-0.39, 0.29) is 22.8 Å². The van der Waals surface area contributed by atoms with E-state index in [1.165, 1.54) is 32.0 Å². The maximum atomic E-state index is 11.3. The predicted molar refractivity (Wildman–Crippen MR) is 84.1 cm³/mol. The second-order valence-corrected chi connectivity index (χ2v) is 5.79. The zero-order valence-electron chi connectivity index (χ0n) is 13.7. The van der Waals surface area contributed by atoms with Crippen LogP contribution in [0.2, 0.25) is 0 Å². The maximum Gasteiger partial charge on any atom is 0.223 e. The number of rotatable bonds is 5. The number of benzene rings is 1. The molecule has 0 bridgehead atoms. The first-order chi connectivity index (χ1) is 11.7. The number of phenolic OH excluding ortho intramolecular Hbond substituents is 1. The van der Waals surface area contributed by atoms with Crippen molar-refractivity contribution < 1.29 is 39.5 Å². The number of ketones is 1. The van der Waals surface area contributed by atoms with Crippen LogP contribution in [0.25, 0.3) is 0 Å². The summed E-state index contributed by atoms with van der Waals surface area (Å²) in [4.78, 5) is 22.7. The lowest BCUT2D eigenvalue weighted by atomic mass is 9.97. The van der Waals surface area contributed by atoms with Crippen molar-refractivity contribution >= 4 is 11.7 Å². The van der Waals surface area contributed by atoms with Gasteiger partial charge in [-0.15, -0.1) is 0 Å². The second-order valence-electron chi connectivity index (χ2n) is 5.79. The average Bonchev–Trinajstić information content (AvgIpc) is 2.53. The Hall–Kier alpha value is -2.20. The van der Waals surface area contributed by atoms with Gasteiger partial charge in [0.2, 0.25) is 12.2 Å². The van der Waals surface area contributed by atoms with Gasteiger partial charge < -0.3 is 35.2 Å². The number of aliphatic hydroxyl groups is 3. The Balaban J connectivity index is 2.25. The third-order valence-electron chi connectivity index (χ3n) is 3.85. The summed E-state index contributed by atoms with van der Waals surface area (Å²) in [6.45, 7) is 1.96. The molecule has 1 aliphatic rings. The van der Waals surface area contributed by atoms with Crippen LogP contribution < -0.4 is 10.1 Å². The molecule has 2 rings (SSSR count). The van der Waals surface area contributed by atoms with Crippen molar-refractivity contribution in [2.75, 3.05) is 6.61 Å². The minimum absolute atomic E-state index is 0.110. The molecule has 0 radical (unpaired) electrons. The maximum absolute atomic E-state index is 11.3. The first-order valence-electron chi connectivity index (χ1n) is 7.64. The van der Waals surface area contributed by atoms with E-state index in [1.807, 2.05) is 0 Å². The van der Waals surface area contributed by atoms with Crippen LogP contribution >= 0.6 is 0 Å². The van der Waals surface area contributed by atoms with Gasteiger partial charge in [0.25, 0.3) is 0 Å². The van der Waals surface area contributed by atoms with E-state index >= 15 is 0 Å². The molecule has 1 aromatic carbocycles. The Bertz CT molecular complexity index is 649. The molecule has 5 N–H and O–H groups in total. The molecule has 0 unspecified atom stereocenters. The topological polar surface area (TPSA) is 146 Å². The number of aromatic hydroxyl groups is 1. The van der Waals surface area contributed by atoms with Crippen LogP contribution in [0.1, 0.15) is 24.2 Å². The summed E-state index contributed by atoms with van der Waals surface area (Å²) in [5, 5.41) is 41.6. The molecule has 0 saturated carbocycles. The third-order valence-corrected chi connectivity index (χ3v) is 3.85. The van der Waals surface area contributed by atoms with Crippen molar-refractivity contribution in [3.63, 3.8) is 0 Å². The summed E-state index contributed by atoms with van der Waals surface area (Å²) in [5.74, 6) is -0.988. The quantitative estimate of drug-likeness (QED) is 0.419. The van der Waals surface area contributed by atoms with Crippen molar-refractivity contribution in [3.8, 4) is 11.5 Å². The smallest absolute Gasteiger partial charge is 0.223 e. The summed E-state index contributed by atoms with van der Waals surface area (Å²) >= 11 is 0. The van der Waals surface area contributed by atoms with Crippen molar-refractivity contribution in [2.24, 2.45) is 0 Å². The highest BCUT2D eigenvalue weighted by Gasteiger charge is 2.46. The molecule has 0 aliphatic carbocycles. The Labute approximate surface area is 143 Å². The molecule has 5 atom stereocenters. The first-order valence-corrected chi connectivity index (χ1v) is 7.64. The number of amides is 1. The highest BCUT2D eigenvalue weighted by atomic mass is 16.7. The van der Waals surface area contributed by atoms with Gasteiger partial charge in [-0.3, -0.25) is 9.59 Å². The molecule has 1 heterocycles. The zero-order chi connectivity index (χ0) is 18.7. The number of hydrogen-bond donors (Lipinski definition) is 5. The summed E-state index contributed by atoms with van der Waals surface area (Å²) in [6, 6.07) is 2.86. The number of Topliss-reactive ketones (excluding diaryl/α,β-unsaturated/α-hetero) is 1. The molecular weight excluding hydrogens is 334 g/mol. The molecule has 0 aromatic heterocycles. The van der Waals surface area contributed by atoms with Gasteiger partial charge in [-0.1, -0.05) is 0 Å². The highest BCUT2D eigenvalue weighted by molar-refractivity contribution is 5.96. The van der Waals surface area contributed by atoms with E-state index in [9.17, 15) is 30.0 Å². The van der Waals surface area contributed by atoms with Crippen LogP contribution in [-0.4, -0.2) is 69.4 Å². The Morgan fingerprint density at radius 1 is 1.24 bits per heavy atom. The fourth-order valence-electron chi connectivity index (χ4n) is 2.59. The van der Waals surface area contributed by atoms with Gasteiger partial charge in [0, 0.05) is 13.0 Å². The molecule has 1 amide bonds. The van der Waals surface area contributed by atoms with Gasteiger partial charge in [0.05, 0.1) is 12.2 Å². The fourth-order valence-corrected chi connectivity index (χ4v) is 2.59. The van der Waals surface area contributed by atoms with Gasteiger partial charge in [-0.05, 0) is 19.1 Å². The van der Waals surface area contributed by atoms with E-state index in [2.05, 4.69) is 5.32 Å². The van der Waals surface area contributed by atoms with E-state index in [0.717, 1.165) is 0 Å². The first kappa shape index (κ1) is 19.1. The molecule has 1 saturated heterocycles. The van der Waals surface area contributed by atoms with Crippen molar-refractivity contribution in [1.29, 1.82) is 0 Å². The number of carbonyl (C=O) groups excluding carboxylic acids is 2. The Morgan fingerprint density at radius 2 is 1.92 bits per heavy atom.